The summed E-state index contributed by atoms with van der Waals surface area (Å²) in [6, 6.07) is 24.9. The number of fused-ring (bicyclic) bond motifs is 1. The zero-order valence-corrected chi connectivity index (χ0v) is 21.2. The minimum atomic E-state index is -0.817. The lowest BCUT2D eigenvalue weighted by Crippen LogP contribution is -2.53. The van der Waals surface area contributed by atoms with Crippen molar-refractivity contribution in [2.75, 3.05) is 19.7 Å². The highest BCUT2D eigenvalue weighted by Gasteiger charge is 2.53. The fourth-order valence-corrected chi connectivity index (χ4v) is 5.71. The Morgan fingerprint density at radius 1 is 1.06 bits per heavy atom. The fourth-order valence-electron chi connectivity index (χ4n) is 5.53. The molecule has 2 heterocycles. The van der Waals surface area contributed by atoms with E-state index in [4.69, 9.17) is 21.1 Å². The third-order valence-corrected chi connectivity index (χ3v) is 7.90. The minimum Gasteiger partial charge on any atom is -0.494 e. The van der Waals surface area contributed by atoms with Gasteiger partial charge < -0.3 is 14.6 Å². The lowest BCUT2D eigenvalue weighted by atomic mass is 9.78. The second kappa shape index (κ2) is 10.3. The van der Waals surface area contributed by atoms with Crippen LogP contribution in [0.4, 0.5) is 0 Å². The largest absolute Gasteiger partial charge is 0.494 e. The van der Waals surface area contributed by atoms with Gasteiger partial charge in [0.1, 0.15) is 17.5 Å². The molecule has 4 nitrogen and oxygen atoms in total. The Balaban J connectivity index is 1.30. The first-order valence-electron chi connectivity index (χ1n) is 12.6. The van der Waals surface area contributed by atoms with Gasteiger partial charge in [-0.25, -0.2) is 0 Å². The van der Waals surface area contributed by atoms with Crippen LogP contribution < -0.4 is 4.74 Å². The van der Waals surface area contributed by atoms with Gasteiger partial charge in [0.2, 0.25) is 0 Å². The number of likely N-dealkylation sites (tertiary alicyclic amines) is 1. The van der Waals surface area contributed by atoms with Crippen molar-refractivity contribution in [1.82, 2.24) is 4.90 Å². The zero-order chi connectivity index (χ0) is 24.4. The maximum Gasteiger partial charge on any atom is 0.119 e. The van der Waals surface area contributed by atoms with E-state index < -0.39 is 5.60 Å². The van der Waals surface area contributed by atoms with Crippen LogP contribution in [0.15, 0.2) is 72.8 Å². The Morgan fingerprint density at radius 2 is 1.83 bits per heavy atom. The molecule has 4 unspecified atom stereocenters. The second-order valence-electron chi connectivity index (χ2n) is 10.0. The van der Waals surface area contributed by atoms with Gasteiger partial charge in [-0.3, -0.25) is 4.90 Å². The van der Waals surface area contributed by atoms with Crippen molar-refractivity contribution in [1.29, 1.82) is 0 Å². The Hall–Kier alpha value is -2.37. The maximum atomic E-state index is 11.5. The summed E-state index contributed by atoms with van der Waals surface area (Å²) in [4.78, 5) is 2.32. The number of ether oxygens (including phenoxy) is 2. The highest BCUT2D eigenvalue weighted by Crippen LogP contribution is 2.45. The highest BCUT2D eigenvalue weighted by atomic mass is 35.5. The molecular formula is C30H34ClNO3. The Kier molecular flexibility index (Phi) is 7.17. The molecule has 0 radical (unpaired) electrons. The molecule has 2 fully saturated rings. The van der Waals surface area contributed by atoms with Gasteiger partial charge in [-0.2, -0.15) is 0 Å². The molecule has 0 aliphatic carbocycles. The van der Waals surface area contributed by atoms with Gasteiger partial charge >= 0.3 is 0 Å². The number of nitrogens with zero attached hydrogens (tertiary/aromatic N) is 1. The van der Waals surface area contributed by atoms with Gasteiger partial charge in [0.25, 0.3) is 0 Å². The van der Waals surface area contributed by atoms with E-state index >= 15 is 0 Å². The molecule has 2 aliphatic rings. The quantitative estimate of drug-likeness (QED) is 0.437. The molecule has 5 heteroatoms. The van der Waals surface area contributed by atoms with Crippen molar-refractivity contribution >= 4 is 11.6 Å². The summed E-state index contributed by atoms with van der Waals surface area (Å²) in [5.41, 5.74) is 3.85. The predicted octanol–water partition coefficient (Wildman–Crippen LogP) is 6.04. The number of β-amino-alcohol motifs (C(OH)–C–C–N with tert-alkyl or cyclic N) is 1. The summed E-state index contributed by atoms with van der Waals surface area (Å²) in [7, 11) is 0. The van der Waals surface area contributed by atoms with Crippen molar-refractivity contribution in [3.63, 3.8) is 0 Å². The van der Waals surface area contributed by atoms with Crippen molar-refractivity contribution < 1.29 is 14.6 Å². The van der Waals surface area contributed by atoms with E-state index in [1.165, 1.54) is 11.1 Å². The van der Waals surface area contributed by atoms with Crippen molar-refractivity contribution in [2.45, 2.75) is 51.0 Å². The molecule has 3 aromatic carbocycles. The third-order valence-electron chi connectivity index (χ3n) is 7.53. The molecule has 0 bridgehead atoms. The molecule has 4 atom stereocenters. The van der Waals surface area contributed by atoms with E-state index in [2.05, 4.69) is 60.4 Å². The zero-order valence-electron chi connectivity index (χ0n) is 20.5. The summed E-state index contributed by atoms with van der Waals surface area (Å²) in [6.07, 6.45) is 1.28. The average molecular weight is 492 g/mol. The van der Waals surface area contributed by atoms with Crippen LogP contribution >= 0.6 is 11.6 Å². The van der Waals surface area contributed by atoms with Crippen LogP contribution in [0.5, 0.6) is 5.75 Å². The first-order chi connectivity index (χ1) is 16.9. The second-order valence-corrected chi connectivity index (χ2v) is 10.4. The summed E-state index contributed by atoms with van der Waals surface area (Å²) in [5, 5.41) is 12.3. The number of halogens is 1. The Labute approximate surface area is 213 Å². The molecule has 2 saturated heterocycles. The van der Waals surface area contributed by atoms with E-state index in [9.17, 15) is 5.11 Å². The number of hydrogen-bond acceptors (Lipinski definition) is 4. The van der Waals surface area contributed by atoms with Gasteiger partial charge in [0, 0.05) is 24.7 Å². The van der Waals surface area contributed by atoms with Crippen LogP contribution in [0, 0.1) is 5.92 Å². The molecule has 3 aromatic rings. The monoisotopic (exact) mass is 491 g/mol. The van der Waals surface area contributed by atoms with Crippen LogP contribution in [0.2, 0.25) is 5.02 Å². The van der Waals surface area contributed by atoms with E-state index in [-0.39, 0.29) is 18.1 Å². The first kappa shape index (κ1) is 24.3. The number of aliphatic hydroxyl groups is 1. The van der Waals surface area contributed by atoms with Gasteiger partial charge in [0.05, 0.1) is 12.7 Å². The lowest BCUT2D eigenvalue weighted by Gasteiger charge is -2.43. The summed E-state index contributed by atoms with van der Waals surface area (Å²) in [5.74, 6) is 1.02. The first-order valence-corrected chi connectivity index (χ1v) is 13.0. The van der Waals surface area contributed by atoms with Crippen LogP contribution in [-0.2, 0) is 17.7 Å². The van der Waals surface area contributed by atoms with Crippen LogP contribution in [0.25, 0.3) is 0 Å². The lowest BCUT2D eigenvalue weighted by molar-refractivity contribution is -0.179. The van der Waals surface area contributed by atoms with E-state index in [1.54, 1.807) is 0 Å². The SMILES string of the molecule is CCOc1ccc(Cc2cc(C3CC(C)C4(O)CN(Cc5ccccc5)CC4O3)ccc2Cl)cc1. The fraction of sp³-hybridized carbons (Fsp3) is 0.400. The van der Waals surface area contributed by atoms with Gasteiger partial charge in [-0.05, 0) is 66.1 Å². The minimum absolute atomic E-state index is 0.0525. The van der Waals surface area contributed by atoms with E-state index in [0.29, 0.717) is 13.2 Å². The van der Waals surface area contributed by atoms with Crippen LogP contribution in [0.1, 0.15) is 48.6 Å². The van der Waals surface area contributed by atoms with Gasteiger partial charge in [-0.15, -0.1) is 0 Å². The molecular weight excluding hydrogens is 458 g/mol. The standard InChI is InChI=1S/C30H34ClNO3/c1-3-34-26-12-9-22(10-13-26)16-25-17-24(11-14-27(25)31)28-15-21(2)30(33)20-32(19-29(30)35-28)18-23-7-5-4-6-8-23/h4-14,17,21,28-29,33H,3,15-16,18-20H2,1-2H3. The topological polar surface area (TPSA) is 41.9 Å². The number of rotatable bonds is 7. The van der Waals surface area contributed by atoms with Crippen molar-refractivity contribution in [3.8, 4) is 5.75 Å². The summed E-state index contributed by atoms with van der Waals surface area (Å²) >= 11 is 6.59. The molecule has 5 rings (SSSR count). The molecule has 184 valence electrons. The van der Waals surface area contributed by atoms with Gasteiger partial charge in [-0.1, -0.05) is 73.1 Å². The van der Waals surface area contributed by atoms with E-state index in [1.807, 2.05) is 31.2 Å². The predicted molar refractivity (Wildman–Crippen MR) is 140 cm³/mol. The van der Waals surface area contributed by atoms with Crippen LogP contribution in [-0.4, -0.2) is 41.4 Å². The maximum absolute atomic E-state index is 11.5. The highest BCUT2D eigenvalue weighted by molar-refractivity contribution is 6.31. The number of hydrogen-bond donors (Lipinski definition) is 1. The summed E-state index contributed by atoms with van der Waals surface area (Å²) < 4.78 is 12.1. The summed E-state index contributed by atoms with van der Waals surface area (Å²) in [6.45, 7) is 7.01. The number of benzene rings is 3. The normalized spacial score (nSPS) is 26.5. The molecule has 35 heavy (non-hydrogen) atoms. The average Bonchev–Trinajstić information content (AvgIpc) is 3.19. The molecule has 1 N–H and O–H groups in total. The van der Waals surface area contributed by atoms with Crippen molar-refractivity contribution in [2.24, 2.45) is 5.92 Å². The molecule has 0 saturated carbocycles. The Bertz CT molecular complexity index is 1140. The third kappa shape index (κ3) is 5.26. The molecule has 0 spiro atoms. The van der Waals surface area contributed by atoms with Gasteiger partial charge in [0.15, 0.2) is 0 Å². The molecule has 2 aliphatic heterocycles. The van der Waals surface area contributed by atoms with Crippen LogP contribution in [0.3, 0.4) is 0 Å². The Morgan fingerprint density at radius 3 is 2.57 bits per heavy atom. The molecule has 0 amide bonds. The van der Waals surface area contributed by atoms with E-state index in [0.717, 1.165) is 47.8 Å². The van der Waals surface area contributed by atoms with Crippen molar-refractivity contribution in [3.05, 3.63) is 100 Å². The smallest absolute Gasteiger partial charge is 0.119 e. The molecule has 0 aromatic heterocycles.